The Balaban J connectivity index is 2.32. The van der Waals surface area contributed by atoms with Gasteiger partial charge in [0.1, 0.15) is 5.88 Å². The second-order valence-corrected chi connectivity index (χ2v) is 1.59. The second kappa shape index (κ2) is 1.43. The van der Waals surface area contributed by atoms with Crippen LogP contribution in [0.25, 0.3) is 0 Å². The minimum absolute atomic E-state index is 1.07. The monoisotopic (exact) mass is 89.0 g/mol. The quantitative estimate of drug-likeness (QED) is 0.387. The summed E-state index contributed by atoms with van der Waals surface area (Å²) in [7, 11) is 0. The molecule has 0 radical (unpaired) electrons. The Hall–Kier alpha value is -0.0200. The molecule has 0 bridgehead atoms. The van der Waals surface area contributed by atoms with E-state index < -0.39 is 0 Å². The van der Waals surface area contributed by atoms with E-state index >= 15 is 0 Å². The first-order chi connectivity index (χ1) is 2.50. The number of nitrogens with two attached hydrogens (primary N) is 1. The molecule has 0 aromatic heterocycles. The van der Waals surface area contributed by atoms with Crippen LogP contribution in [0, 0.1) is 0 Å². The summed E-state index contributed by atoms with van der Waals surface area (Å²) in [5, 5.41) is 2.03. The molecule has 28 valence electrons. The zero-order valence-electron chi connectivity index (χ0n) is 2.72. The van der Waals surface area contributed by atoms with Gasteiger partial charge in [-0.15, -0.1) is 0 Å². The van der Waals surface area contributed by atoms with Gasteiger partial charge in [-0.05, 0) is 0 Å². The molecule has 0 saturated carbocycles. The second-order valence-electron chi connectivity index (χ2n) is 0.786. The summed E-state index contributed by atoms with van der Waals surface area (Å²) in [5.74, 6) is 1.07. The number of rotatable bonds is 0. The van der Waals surface area contributed by atoms with Gasteiger partial charge in [-0.2, -0.15) is 4.40 Å². The van der Waals surface area contributed by atoms with E-state index in [2.05, 4.69) is 4.40 Å². The summed E-state index contributed by atoms with van der Waals surface area (Å²) < 4.78 is 3.82. The molecule has 3 heteroatoms. The van der Waals surface area contributed by atoms with Crippen molar-refractivity contribution in [1.82, 2.24) is 0 Å². The average Bonchev–Trinajstić information content (AvgIpc) is 1.76. The average molecular weight is 89.1 g/mol. The highest BCUT2D eigenvalue weighted by Gasteiger charge is 1.89. The molecule has 2 N–H and O–H groups in total. The van der Waals surface area contributed by atoms with E-state index in [1.54, 1.807) is 11.9 Å². The van der Waals surface area contributed by atoms with Gasteiger partial charge in [0.2, 0.25) is 0 Å². The lowest BCUT2D eigenvalue weighted by molar-refractivity contribution is -0.503. The highest BCUT2D eigenvalue weighted by molar-refractivity contribution is 7.98. The molecule has 0 aromatic rings. The lowest BCUT2D eigenvalue weighted by atomic mass is 11.2. The first-order valence-electron chi connectivity index (χ1n) is 1.47. The van der Waals surface area contributed by atoms with Crippen LogP contribution >= 0.6 is 11.9 Å². The zero-order chi connectivity index (χ0) is 3.54. The van der Waals surface area contributed by atoms with Crippen molar-refractivity contribution in [3.8, 4) is 0 Å². The van der Waals surface area contributed by atoms with Crippen molar-refractivity contribution < 1.29 is 5.32 Å². The Bertz CT molecular complexity index is 45.6. The zero-order valence-corrected chi connectivity index (χ0v) is 3.53. The van der Waals surface area contributed by atoms with E-state index in [4.69, 9.17) is 0 Å². The molecule has 0 saturated heterocycles. The Morgan fingerprint density at radius 2 is 3.00 bits per heavy atom. The number of hydrogen-bond acceptors (Lipinski definition) is 2. The van der Waals surface area contributed by atoms with Crippen molar-refractivity contribution in [2.45, 2.75) is 0 Å². The highest BCUT2D eigenvalue weighted by Crippen LogP contribution is 1.93. The summed E-state index contributed by atoms with van der Waals surface area (Å²) in [5.41, 5.74) is 0. The third-order valence-corrected chi connectivity index (χ3v) is 1.02. The van der Waals surface area contributed by atoms with E-state index in [-0.39, 0.29) is 0 Å². The van der Waals surface area contributed by atoms with Crippen LogP contribution < -0.4 is 5.32 Å². The Labute approximate surface area is 34.8 Å². The molecule has 0 spiro atoms. The lowest BCUT2D eigenvalue weighted by Gasteiger charge is -1.67. The van der Waals surface area contributed by atoms with E-state index in [1.165, 1.54) is 0 Å². The summed E-state index contributed by atoms with van der Waals surface area (Å²) in [4.78, 5) is 0. The number of quaternary nitrogens is 1. The molecule has 1 rings (SSSR count). The van der Waals surface area contributed by atoms with Gasteiger partial charge in [0.25, 0.3) is 0 Å². The number of hydrogen-bond donors (Lipinski definition) is 1. The largest absolute Gasteiger partial charge is 0.293 e. The summed E-state index contributed by atoms with van der Waals surface area (Å²) in [6, 6.07) is 0. The predicted molar refractivity (Wildman–Crippen MR) is 22.9 cm³/mol. The van der Waals surface area contributed by atoms with Crippen molar-refractivity contribution in [1.29, 1.82) is 0 Å². The van der Waals surface area contributed by atoms with Gasteiger partial charge < -0.3 is 0 Å². The Morgan fingerprint density at radius 1 is 2.00 bits per heavy atom. The summed E-state index contributed by atoms with van der Waals surface area (Å²) >= 11 is 1.59. The fraction of sp³-hybridized carbons (Fsp3) is 0.500. The first kappa shape index (κ1) is 3.18. The first-order valence-corrected chi connectivity index (χ1v) is 2.41. The Kier molecular flexibility index (Phi) is 0.907. The molecular weight excluding hydrogens is 84.1 g/mol. The maximum absolute atomic E-state index is 3.82. The van der Waals surface area contributed by atoms with Crippen LogP contribution in [0.1, 0.15) is 0 Å². The van der Waals surface area contributed by atoms with E-state index in [9.17, 15) is 0 Å². The van der Waals surface area contributed by atoms with Gasteiger partial charge in [0.05, 0.1) is 0 Å². The minimum Gasteiger partial charge on any atom is -0.293 e. The maximum Gasteiger partial charge on any atom is 0.194 e. The van der Waals surface area contributed by atoms with Crippen LogP contribution in [-0.2, 0) is 0 Å². The molecule has 0 amide bonds. The molecule has 0 aliphatic carbocycles. The van der Waals surface area contributed by atoms with Gasteiger partial charge in [0, 0.05) is 11.9 Å². The third-order valence-electron chi connectivity index (χ3n) is 0.412. The van der Waals surface area contributed by atoms with Crippen LogP contribution in [-0.4, -0.2) is 12.2 Å². The minimum atomic E-state index is 1.07. The fourth-order valence-electron chi connectivity index (χ4n) is 0.215. The molecule has 0 aromatic carbocycles. The molecule has 0 atom stereocenters. The van der Waals surface area contributed by atoms with Gasteiger partial charge >= 0.3 is 0 Å². The molecule has 1 heterocycles. The number of nitrogens with zero attached hydrogens (tertiary/aromatic N) is 1. The van der Waals surface area contributed by atoms with Gasteiger partial charge in [-0.25, -0.2) is 0 Å². The SMILES string of the molecule is C1=NSC[NH2+]1. The molecular formula is C2H5N2S+. The Morgan fingerprint density at radius 3 is 3.20 bits per heavy atom. The van der Waals surface area contributed by atoms with Gasteiger partial charge in [-0.1, -0.05) is 0 Å². The predicted octanol–water partition coefficient (Wildman–Crippen LogP) is -0.803. The maximum atomic E-state index is 3.82. The third kappa shape index (κ3) is 0.629. The fourth-order valence-corrected chi connectivity index (χ4v) is 0.645. The standard InChI is InChI=1S/C2H4N2S/c1-3-2-5-4-1/h1H,2H2,(H,3,4)/p+1. The van der Waals surface area contributed by atoms with Gasteiger partial charge in [-0.3, -0.25) is 5.32 Å². The van der Waals surface area contributed by atoms with Crippen LogP contribution in [0.15, 0.2) is 4.40 Å². The summed E-state index contributed by atoms with van der Waals surface area (Å²) in [6.07, 6.45) is 1.82. The lowest BCUT2D eigenvalue weighted by Crippen LogP contribution is -2.79. The molecule has 1 aliphatic rings. The highest BCUT2D eigenvalue weighted by atomic mass is 32.2. The van der Waals surface area contributed by atoms with Crippen LogP contribution in [0.2, 0.25) is 0 Å². The molecule has 2 nitrogen and oxygen atoms in total. The molecule has 0 fully saturated rings. The smallest absolute Gasteiger partial charge is 0.194 e. The van der Waals surface area contributed by atoms with Gasteiger partial charge in [0.15, 0.2) is 6.34 Å². The normalized spacial score (nSPS) is 20.8. The van der Waals surface area contributed by atoms with Crippen LogP contribution in [0.4, 0.5) is 0 Å². The van der Waals surface area contributed by atoms with Crippen molar-refractivity contribution in [2.75, 3.05) is 5.88 Å². The van der Waals surface area contributed by atoms with Crippen molar-refractivity contribution in [2.24, 2.45) is 4.40 Å². The topological polar surface area (TPSA) is 29.0 Å². The summed E-state index contributed by atoms with van der Waals surface area (Å²) in [6.45, 7) is 0. The van der Waals surface area contributed by atoms with Crippen molar-refractivity contribution in [3.63, 3.8) is 0 Å². The van der Waals surface area contributed by atoms with E-state index in [1.807, 2.05) is 11.7 Å². The van der Waals surface area contributed by atoms with E-state index in [0.717, 1.165) is 5.88 Å². The van der Waals surface area contributed by atoms with Crippen LogP contribution in [0.3, 0.4) is 0 Å². The van der Waals surface area contributed by atoms with E-state index in [0.29, 0.717) is 0 Å². The molecule has 1 aliphatic heterocycles. The van der Waals surface area contributed by atoms with Crippen molar-refractivity contribution >= 4 is 18.3 Å². The molecule has 5 heavy (non-hydrogen) atoms. The van der Waals surface area contributed by atoms with Crippen LogP contribution in [0.5, 0.6) is 0 Å². The molecule has 0 unspecified atom stereocenters. The van der Waals surface area contributed by atoms with Crippen molar-refractivity contribution in [3.05, 3.63) is 0 Å².